The fourth-order valence-electron chi connectivity index (χ4n) is 2.79. The van der Waals surface area contributed by atoms with Gasteiger partial charge in [-0.25, -0.2) is 8.42 Å². The zero-order chi connectivity index (χ0) is 13.5. The monoisotopic (exact) mass is 267 g/mol. The number of rotatable bonds is 3. The van der Waals surface area contributed by atoms with Crippen LogP contribution in [0.3, 0.4) is 0 Å². The molecular weight excluding hydrogens is 246 g/mol. The van der Waals surface area contributed by atoms with Gasteiger partial charge < -0.3 is 5.32 Å². The lowest BCUT2D eigenvalue weighted by atomic mass is 9.97. The lowest BCUT2D eigenvalue weighted by Gasteiger charge is -2.17. The highest BCUT2D eigenvalue weighted by Crippen LogP contribution is 2.41. The number of benzene rings is 1. The average molecular weight is 267 g/mol. The van der Waals surface area contributed by atoms with E-state index in [1.54, 1.807) is 0 Å². The third kappa shape index (κ3) is 1.88. The van der Waals surface area contributed by atoms with E-state index in [4.69, 9.17) is 0 Å². The summed E-state index contributed by atoms with van der Waals surface area (Å²) in [4.78, 5) is 0.531. The summed E-state index contributed by atoms with van der Waals surface area (Å²) in [7, 11) is -1.33. The number of aryl methyl sites for hydroxylation is 2. The van der Waals surface area contributed by atoms with Gasteiger partial charge in [0, 0.05) is 0 Å². The van der Waals surface area contributed by atoms with E-state index in [2.05, 4.69) is 5.32 Å². The Morgan fingerprint density at radius 3 is 2.39 bits per heavy atom. The summed E-state index contributed by atoms with van der Waals surface area (Å²) in [5.41, 5.74) is 3.14. The van der Waals surface area contributed by atoms with Gasteiger partial charge in [0.05, 0.1) is 16.2 Å². The van der Waals surface area contributed by atoms with Gasteiger partial charge in [0.1, 0.15) is 0 Å². The average Bonchev–Trinajstić information content (AvgIpc) is 2.50. The van der Waals surface area contributed by atoms with Gasteiger partial charge >= 0.3 is 0 Å². The normalized spacial score (nSPS) is 25.1. The summed E-state index contributed by atoms with van der Waals surface area (Å²) < 4.78 is 25.1. The fraction of sp³-hybridized carbons (Fsp3) is 0.571. The van der Waals surface area contributed by atoms with Crippen LogP contribution in [0.15, 0.2) is 17.0 Å². The van der Waals surface area contributed by atoms with E-state index >= 15 is 0 Å². The van der Waals surface area contributed by atoms with Crippen molar-refractivity contribution in [3.63, 3.8) is 0 Å². The van der Waals surface area contributed by atoms with Gasteiger partial charge in [0.15, 0.2) is 9.84 Å². The lowest BCUT2D eigenvalue weighted by Crippen LogP contribution is -2.29. The van der Waals surface area contributed by atoms with Gasteiger partial charge in [-0.3, -0.25) is 0 Å². The minimum atomic E-state index is -3.17. The van der Waals surface area contributed by atoms with E-state index in [0.717, 1.165) is 23.1 Å². The second-order valence-corrected chi connectivity index (χ2v) is 7.25. The fourth-order valence-corrected chi connectivity index (χ4v) is 5.16. The molecule has 1 aliphatic rings. The zero-order valence-electron chi connectivity index (χ0n) is 11.4. The van der Waals surface area contributed by atoms with Crippen molar-refractivity contribution in [1.82, 2.24) is 5.32 Å². The molecule has 0 radical (unpaired) electrons. The van der Waals surface area contributed by atoms with E-state index in [1.807, 2.05) is 40.0 Å². The summed E-state index contributed by atoms with van der Waals surface area (Å²) in [6.45, 7) is 6.02. The van der Waals surface area contributed by atoms with Gasteiger partial charge in [-0.05, 0) is 50.1 Å². The second kappa shape index (κ2) is 4.67. The van der Waals surface area contributed by atoms with E-state index in [0.29, 0.717) is 11.3 Å². The van der Waals surface area contributed by atoms with Crippen molar-refractivity contribution in [2.24, 2.45) is 0 Å². The first kappa shape index (κ1) is 13.6. The Kier molecular flexibility index (Phi) is 3.52. The highest BCUT2D eigenvalue weighted by Gasteiger charge is 2.43. The molecule has 0 saturated heterocycles. The van der Waals surface area contributed by atoms with Crippen LogP contribution in [-0.4, -0.2) is 20.7 Å². The molecule has 0 aromatic heterocycles. The summed E-state index contributed by atoms with van der Waals surface area (Å²) >= 11 is 0. The highest BCUT2D eigenvalue weighted by molar-refractivity contribution is 7.92. The smallest absolute Gasteiger partial charge is 0.183 e. The first-order valence-electron chi connectivity index (χ1n) is 6.45. The number of sulfone groups is 1. The molecule has 0 saturated carbocycles. The molecule has 0 amide bonds. The number of nitrogens with one attached hydrogen (secondary N) is 1. The molecule has 2 rings (SSSR count). The van der Waals surface area contributed by atoms with E-state index < -0.39 is 9.84 Å². The molecule has 1 aromatic rings. The Morgan fingerprint density at radius 1 is 1.22 bits per heavy atom. The van der Waals surface area contributed by atoms with Crippen LogP contribution in [0.2, 0.25) is 0 Å². The second-order valence-electron chi connectivity index (χ2n) is 5.11. The van der Waals surface area contributed by atoms with Crippen molar-refractivity contribution >= 4 is 9.84 Å². The van der Waals surface area contributed by atoms with Gasteiger partial charge in [0.2, 0.25) is 0 Å². The van der Waals surface area contributed by atoms with Crippen LogP contribution in [0.4, 0.5) is 0 Å². The maximum absolute atomic E-state index is 12.6. The first-order valence-corrected chi connectivity index (χ1v) is 8.00. The van der Waals surface area contributed by atoms with Crippen LogP contribution in [0.25, 0.3) is 0 Å². The summed E-state index contributed by atoms with van der Waals surface area (Å²) in [6, 6.07) is 3.79. The maximum atomic E-state index is 12.6. The third-order valence-corrected chi connectivity index (χ3v) is 6.19. The predicted octanol–water partition coefficient (Wildman–Crippen LogP) is 2.52. The SMILES string of the molecule is CCCC1C(NC)c2cc(C)c(C)cc2S1(=O)=O. The van der Waals surface area contributed by atoms with Crippen LogP contribution >= 0.6 is 0 Å². The topological polar surface area (TPSA) is 46.2 Å². The molecule has 1 aromatic carbocycles. The number of hydrogen-bond acceptors (Lipinski definition) is 3. The number of fused-ring (bicyclic) bond motifs is 1. The van der Waals surface area contributed by atoms with Crippen LogP contribution in [0.1, 0.15) is 42.5 Å². The molecule has 1 aliphatic heterocycles. The largest absolute Gasteiger partial charge is 0.312 e. The Hall–Kier alpha value is -0.870. The van der Waals surface area contributed by atoms with Gasteiger partial charge in [-0.2, -0.15) is 0 Å². The molecule has 1 N–H and O–H groups in total. The lowest BCUT2D eigenvalue weighted by molar-refractivity contribution is 0.513. The molecule has 100 valence electrons. The molecule has 0 aliphatic carbocycles. The summed E-state index contributed by atoms with van der Waals surface area (Å²) in [6.07, 6.45) is 1.59. The van der Waals surface area contributed by atoms with Crippen molar-refractivity contribution in [3.05, 3.63) is 28.8 Å². The number of hydrogen-bond donors (Lipinski definition) is 1. The molecule has 2 unspecified atom stereocenters. The quantitative estimate of drug-likeness (QED) is 0.915. The molecule has 2 atom stereocenters. The molecule has 1 heterocycles. The van der Waals surface area contributed by atoms with Crippen molar-refractivity contribution < 1.29 is 8.42 Å². The Balaban J connectivity index is 2.64. The summed E-state index contributed by atoms with van der Waals surface area (Å²) in [5.74, 6) is 0. The maximum Gasteiger partial charge on any atom is 0.183 e. The van der Waals surface area contributed by atoms with Crippen molar-refractivity contribution in [2.75, 3.05) is 7.05 Å². The molecule has 0 bridgehead atoms. The molecule has 3 nitrogen and oxygen atoms in total. The van der Waals surface area contributed by atoms with Crippen molar-refractivity contribution in [2.45, 2.75) is 49.8 Å². The van der Waals surface area contributed by atoms with Crippen LogP contribution in [0.5, 0.6) is 0 Å². The minimum Gasteiger partial charge on any atom is -0.312 e. The van der Waals surface area contributed by atoms with Crippen LogP contribution in [0, 0.1) is 13.8 Å². The first-order chi connectivity index (χ1) is 8.43. The van der Waals surface area contributed by atoms with Crippen molar-refractivity contribution in [3.8, 4) is 0 Å². The minimum absolute atomic E-state index is 0.0655. The van der Waals surface area contributed by atoms with E-state index in [-0.39, 0.29) is 11.3 Å². The zero-order valence-corrected chi connectivity index (χ0v) is 12.3. The molecule has 18 heavy (non-hydrogen) atoms. The Morgan fingerprint density at radius 2 is 1.83 bits per heavy atom. The molecule has 0 fully saturated rings. The summed E-state index contributed by atoms with van der Waals surface area (Å²) in [5, 5.41) is 2.86. The molecule has 4 heteroatoms. The van der Waals surface area contributed by atoms with Gasteiger partial charge in [0.25, 0.3) is 0 Å². The van der Waals surface area contributed by atoms with E-state index in [1.165, 1.54) is 0 Å². The van der Waals surface area contributed by atoms with Crippen LogP contribution < -0.4 is 5.32 Å². The Labute approximate surface area is 110 Å². The molecular formula is C14H21NO2S. The van der Waals surface area contributed by atoms with Crippen LogP contribution in [-0.2, 0) is 9.84 Å². The standard InChI is InChI=1S/C14H21NO2S/c1-5-6-12-14(15-4)11-7-9(2)10(3)8-13(11)18(12,16)17/h7-8,12,14-15H,5-6H2,1-4H3. The molecule has 0 spiro atoms. The van der Waals surface area contributed by atoms with Crippen molar-refractivity contribution in [1.29, 1.82) is 0 Å². The van der Waals surface area contributed by atoms with Gasteiger partial charge in [-0.15, -0.1) is 0 Å². The highest BCUT2D eigenvalue weighted by atomic mass is 32.2. The van der Waals surface area contributed by atoms with Gasteiger partial charge in [-0.1, -0.05) is 19.4 Å². The predicted molar refractivity (Wildman–Crippen MR) is 73.6 cm³/mol. The Bertz CT molecular complexity index is 563. The van der Waals surface area contributed by atoms with E-state index in [9.17, 15) is 8.42 Å². The third-order valence-electron chi connectivity index (χ3n) is 3.92.